The van der Waals surface area contributed by atoms with E-state index in [0.717, 1.165) is 46.9 Å². The molecule has 1 aliphatic carbocycles. The maximum Gasteiger partial charge on any atom is 0.404 e. The van der Waals surface area contributed by atoms with Crippen molar-refractivity contribution < 1.29 is 28.6 Å². The number of aryl methyl sites for hydroxylation is 3. The third-order valence-corrected chi connectivity index (χ3v) is 8.04. The second-order valence-corrected chi connectivity index (χ2v) is 10.6. The maximum atomic E-state index is 14.5. The van der Waals surface area contributed by atoms with E-state index in [4.69, 9.17) is 15.5 Å². The van der Waals surface area contributed by atoms with Gasteiger partial charge in [-0.05, 0) is 61.4 Å². The predicted molar refractivity (Wildman–Crippen MR) is 159 cm³/mol. The molecule has 2 aromatic heterocycles. The van der Waals surface area contributed by atoms with Crippen molar-refractivity contribution in [2.45, 2.75) is 72.8 Å². The first kappa shape index (κ1) is 29.9. The molecule has 2 aliphatic heterocycles. The molecular weight excluding hydrogens is 553 g/mol. The van der Waals surface area contributed by atoms with Crippen molar-refractivity contribution in [3.05, 3.63) is 97.1 Å². The van der Waals surface area contributed by atoms with Gasteiger partial charge >= 0.3 is 12.1 Å². The molecule has 0 radical (unpaired) electrons. The molecule has 4 aromatic rings. The normalized spacial score (nSPS) is 15.6. The number of cyclic esters (lactones) is 1. The number of aliphatic hydroxyl groups is 1. The Kier molecular flexibility index (Phi) is 8.32. The van der Waals surface area contributed by atoms with Crippen molar-refractivity contribution in [2.24, 2.45) is 5.73 Å². The first-order chi connectivity index (χ1) is 20.6. The second kappa shape index (κ2) is 12.0. The minimum Gasteiger partial charge on any atom is -0.458 e. The van der Waals surface area contributed by atoms with E-state index in [1.165, 1.54) is 11.6 Å². The summed E-state index contributed by atoms with van der Waals surface area (Å²) in [6.07, 6.45) is 0.375. The lowest BCUT2D eigenvalue weighted by molar-refractivity contribution is -0.157. The first-order valence-corrected chi connectivity index (χ1v) is 14.4. The van der Waals surface area contributed by atoms with Crippen LogP contribution in [0.3, 0.4) is 0 Å². The van der Waals surface area contributed by atoms with Crippen LogP contribution in [0.1, 0.15) is 70.9 Å². The Hall–Kier alpha value is -4.57. The summed E-state index contributed by atoms with van der Waals surface area (Å²) in [5.41, 5.74) is 12.8. The van der Waals surface area contributed by atoms with Gasteiger partial charge in [0.05, 0.1) is 29.0 Å². The number of fused-ring (bicyclic) bond motifs is 5. The van der Waals surface area contributed by atoms with Crippen LogP contribution in [0.4, 0.5) is 9.18 Å². The summed E-state index contributed by atoms with van der Waals surface area (Å²) >= 11 is 0. The number of rotatable bonds is 2. The van der Waals surface area contributed by atoms with E-state index in [9.17, 15) is 23.9 Å². The van der Waals surface area contributed by atoms with Gasteiger partial charge in [-0.3, -0.25) is 4.79 Å². The van der Waals surface area contributed by atoms with Gasteiger partial charge in [-0.1, -0.05) is 43.7 Å². The van der Waals surface area contributed by atoms with Crippen molar-refractivity contribution in [1.82, 2.24) is 9.55 Å². The van der Waals surface area contributed by atoms with Crippen molar-refractivity contribution in [2.75, 3.05) is 0 Å². The van der Waals surface area contributed by atoms with E-state index < -0.39 is 18.2 Å². The SMILES string of the molecule is CC.Cc1c(F)cc2nc3c(c4c2c1CCC4)Cn1c-3cc2c(c1=O)COC(=O)C2O.Cc1ccc(COC(N)=O)cc1. The van der Waals surface area contributed by atoms with E-state index in [1.54, 1.807) is 17.6 Å². The molecule has 224 valence electrons. The Morgan fingerprint density at radius 1 is 1.09 bits per heavy atom. The van der Waals surface area contributed by atoms with Gasteiger partial charge in [-0.15, -0.1) is 0 Å². The summed E-state index contributed by atoms with van der Waals surface area (Å²) < 4.78 is 25.7. The van der Waals surface area contributed by atoms with Gasteiger partial charge in [0.1, 0.15) is 19.0 Å². The van der Waals surface area contributed by atoms with Crippen LogP contribution in [0.25, 0.3) is 22.3 Å². The van der Waals surface area contributed by atoms with E-state index in [-0.39, 0.29) is 30.2 Å². The number of carbonyl (C=O) groups is 2. The smallest absolute Gasteiger partial charge is 0.404 e. The van der Waals surface area contributed by atoms with E-state index in [2.05, 4.69) is 4.74 Å². The molecular formula is C33H34FN3O6. The number of ether oxygens (including phenoxy) is 2. The molecule has 0 spiro atoms. The molecule has 0 bridgehead atoms. The minimum absolute atomic E-state index is 0.141. The number of hydrogen-bond acceptors (Lipinski definition) is 7. The number of nitrogens with zero attached hydrogens (tertiary/aromatic N) is 2. The Morgan fingerprint density at radius 2 is 1.79 bits per heavy atom. The fourth-order valence-electron chi connectivity index (χ4n) is 5.90. The number of primary amides is 1. The van der Waals surface area contributed by atoms with Gasteiger partial charge in [0.25, 0.3) is 5.56 Å². The molecule has 3 N–H and O–H groups in total. The molecule has 10 heteroatoms. The number of amides is 1. The van der Waals surface area contributed by atoms with Crippen molar-refractivity contribution in [3.63, 3.8) is 0 Å². The van der Waals surface area contributed by atoms with Gasteiger partial charge < -0.3 is 24.9 Å². The lowest BCUT2D eigenvalue weighted by Gasteiger charge is -2.22. The number of nitrogens with two attached hydrogens (primary N) is 1. The number of esters is 1. The molecule has 0 saturated carbocycles. The van der Waals surface area contributed by atoms with Gasteiger partial charge in [0, 0.05) is 22.6 Å². The largest absolute Gasteiger partial charge is 0.458 e. The number of aliphatic hydroxyl groups excluding tert-OH is 1. The summed E-state index contributed by atoms with van der Waals surface area (Å²) in [7, 11) is 0. The fraction of sp³-hybridized carbons (Fsp3) is 0.333. The monoisotopic (exact) mass is 587 g/mol. The standard InChI is InChI=1S/C22H17FN2O4.C9H11NO2.C2H6/c1-9-10-3-2-4-11-13-7-25-17(19(13)24-16(18(10)11)6-15(9)23)5-12-14(21(25)27)8-29-22(28)20(12)26;1-7-2-4-8(5-3-7)6-12-9(10)11;1-2/h5-6,20,26H,2-4,7-8H2,1H3;2-5H,6H2,1H3,(H2,10,11);1-2H3. The zero-order valence-electron chi connectivity index (χ0n) is 24.6. The Balaban J connectivity index is 0.000000222. The number of pyridine rings is 2. The Morgan fingerprint density at radius 3 is 2.49 bits per heavy atom. The van der Waals surface area contributed by atoms with E-state index in [1.807, 2.05) is 45.0 Å². The van der Waals surface area contributed by atoms with Crippen LogP contribution in [-0.2, 0) is 46.9 Å². The van der Waals surface area contributed by atoms with Gasteiger partial charge in [-0.2, -0.15) is 0 Å². The topological polar surface area (TPSA) is 134 Å². The highest BCUT2D eigenvalue weighted by molar-refractivity contribution is 5.92. The molecule has 1 atom stereocenters. The van der Waals surface area contributed by atoms with Crippen LogP contribution in [0.2, 0.25) is 0 Å². The molecule has 0 saturated heterocycles. The van der Waals surface area contributed by atoms with Gasteiger partial charge in [0.2, 0.25) is 0 Å². The number of aromatic nitrogens is 2. The molecule has 43 heavy (non-hydrogen) atoms. The molecule has 7 rings (SSSR count). The summed E-state index contributed by atoms with van der Waals surface area (Å²) in [4.78, 5) is 39.8. The van der Waals surface area contributed by atoms with Crippen LogP contribution in [-0.4, -0.2) is 26.7 Å². The van der Waals surface area contributed by atoms with Crippen molar-refractivity contribution >= 4 is 23.0 Å². The van der Waals surface area contributed by atoms with Crippen molar-refractivity contribution in [1.29, 1.82) is 0 Å². The Labute approximate surface area is 248 Å². The molecule has 4 heterocycles. The van der Waals surface area contributed by atoms with Crippen LogP contribution in [0, 0.1) is 19.7 Å². The highest BCUT2D eigenvalue weighted by Crippen LogP contribution is 2.42. The third kappa shape index (κ3) is 5.38. The molecule has 0 fully saturated rings. The highest BCUT2D eigenvalue weighted by Gasteiger charge is 2.35. The summed E-state index contributed by atoms with van der Waals surface area (Å²) in [6, 6.07) is 10.8. The molecule has 3 aliphatic rings. The average Bonchev–Trinajstić information content (AvgIpc) is 3.38. The average molecular weight is 588 g/mol. The number of hydrogen-bond donors (Lipinski definition) is 2. The number of carbonyl (C=O) groups excluding carboxylic acids is 2. The van der Waals surface area contributed by atoms with Crippen LogP contribution in [0.15, 0.2) is 41.2 Å². The maximum absolute atomic E-state index is 14.5. The number of benzene rings is 2. The van der Waals surface area contributed by atoms with E-state index in [0.29, 0.717) is 34.6 Å². The van der Waals surface area contributed by atoms with Gasteiger partial charge in [-0.25, -0.2) is 19.0 Å². The lowest BCUT2D eigenvalue weighted by atomic mass is 9.85. The third-order valence-electron chi connectivity index (χ3n) is 8.04. The quantitative estimate of drug-likeness (QED) is 0.276. The van der Waals surface area contributed by atoms with Crippen LogP contribution >= 0.6 is 0 Å². The Bertz CT molecular complexity index is 1810. The molecule has 1 unspecified atom stereocenters. The fourth-order valence-corrected chi connectivity index (χ4v) is 5.90. The highest BCUT2D eigenvalue weighted by atomic mass is 19.1. The summed E-state index contributed by atoms with van der Waals surface area (Å²) in [5.74, 6) is -1.03. The van der Waals surface area contributed by atoms with Crippen LogP contribution in [0.5, 0.6) is 0 Å². The van der Waals surface area contributed by atoms with Gasteiger partial charge in [0.15, 0.2) is 6.10 Å². The molecule has 9 nitrogen and oxygen atoms in total. The van der Waals surface area contributed by atoms with E-state index >= 15 is 0 Å². The molecule has 1 amide bonds. The zero-order chi connectivity index (χ0) is 31.0. The summed E-state index contributed by atoms with van der Waals surface area (Å²) in [6.45, 7) is 8.29. The van der Waals surface area contributed by atoms with Crippen molar-refractivity contribution in [3.8, 4) is 11.4 Å². The molecule has 2 aromatic carbocycles. The zero-order valence-corrected chi connectivity index (χ0v) is 24.6. The predicted octanol–water partition coefficient (Wildman–Crippen LogP) is 5.07. The second-order valence-electron chi connectivity index (χ2n) is 10.6. The number of halogens is 1. The van der Waals surface area contributed by atoms with Crippen LogP contribution < -0.4 is 11.3 Å². The lowest BCUT2D eigenvalue weighted by Crippen LogP contribution is -2.32. The first-order valence-electron chi connectivity index (χ1n) is 14.4. The minimum atomic E-state index is -1.48. The summed E-state index contributed by atoms with van der Waals surface area (Å²) in [5, 5.41) is 11.2.